The van der Waals surface area contributed by atoms with Crippen LogP contribution in [0.3, 0.4) is 0 Å². The summed E-state index contributed by atoms with van der Waals surface area (Å²) >= 11 is 0. The van der Waals surface area contributed by atoms with E-state index in [-0.39, 0.29) is 18.3 Å². The summed E-state index contributed by atoms with van der Waals surface area (Å²) < 4.78 is 5.26. The van der Waals surface area contributed by atoms with Crippen LogP contribution in [0, 0.1) is 6.92 Å². The number of aryl methyl sites for hydroxylation is 1. The van der Waals surface area contributed by atoms with Crippen molar-refractivity contribution in [1.29, 1.82) is 0 Å². The van der Waals surface area contributed by atoms with Crippen LogP contribution in [0.2, 0.25) is 0 Å². The van der Waals surface area contributed by atoms with Crippen LogP contribution >= 0.6 is 12.4 Å². The number of benzene rings is 2. The zero-order valence-corrected chi connectivity index (χ0v) is 14.1. The summed E-state index contributed by atoms with van der Waals surface area (Å²) in [6.07, 6.45) is 0. The summed E-state index contributed by atoms with van der Waals surface area (Å²) in [4.78, 5) is 12.3. The maximum Gasteiger partial charge on any atom is 0.251 e. The Kier molecular flexibility index (Phi) is 5.64. The first kappa shape index (κ1) is 17.3. The Morgan fingerprint density at radius 3 is 2.74 bits per heavy atom. The van der Waals surface area contributed by atoms with Crippen LogP contribution in [0.25, 0.3) is 0 Å². The third-order valence-electron chi connectivity index (χ3n) is 4.02. The van der Waals surface area contributed by atoms with Gasteiger partial charge in [0.15, 0.2) is 0 Å². The first-order valence-electron chi connectivity index (χ1n) is 7.41. The van der Waals surface area contributed by atoms with E-state index in [9.17, 15) is 4.79 Å². The minimum atomic E-state index is -0.0862. The summed E-state index contributed by atoms with van der Waals surface area (Å²) in [6.45, 7) is 4.33. The molecule has 0 radical (unpaired) electrons. The number of carbonyl (C=O) groups excluding carboxylic acids is 1. The van der Waals surface area contributed by atoms with Crippen LogP contribution in [0.1, 0.15) is 32.6 Å². The molecule has 1 amide bonds. The second-order valence-corrected chi connectivity index (χ2v) is 5.57. The minimum Gasteiger partial charge on any atom is -0.496 e. The fraction of sp³-hybridized carbons (Fsp3) is 0.278. The Hall–Kier alpha value is -2.04. The number of nitrogens with one attached hydrogen (secondary N) is 2. The van der Waals surface area contributed by atoms with Crippen LogP contribution in [0.5, 0.6) is 5.75 Å². The predicted octanol–water partition coefficient (Wildman–Crippen LogP) is 2.96. The lowest BCUT2D eigenvalue weighted by atomic mass is 10.1. The van der Waals surface area contributed by atoms with Gasteiger partial charge in [-0.3, -0.25) is 4.79 Å². The van der Waals surface area contributed by atoms with Gasteiger partial charge in [0.05, 0.1) is 7.11 Å². The van der Waals surface area contributed by atoms with Gasteiger partial charge in [-0.05, 0) is 41.3 Å². The van der Waals surface area contributed by atoms with Gasteiger partial charge in [-0.1, -0.05) is 24.3 Å². The zero-order valence-electron chi connectivity index (χ0n) is 13.3. The van der Waals surface area contributed by atoms with E-state index in [0.29, 0.717) is 12.1 Å². The molecule has 0 aliphatic carbocycles. The quantitative estimate of drug-likeness (QED) is 0.905. The standard InChI is InChI=1S/C18H20N2O2.ClH/c1-12-3-5-14(8-17(12)22-2)18(21)20-9-13-4-6-15-10-19-11-16(15)7-13;/h3-8,19H,9-11H2,1-2H3,(H,20,21);1H. The van der Waals surface area contributed by atoms with Crippen molar-refractivity contribution >= 4 is 18.3 Å². The van der Waals surface area contributed by atoms with Gasteiger partial charge >= 0.3 is 0 Å². The highest BCUT2D eigenvalue weighted by Crippen LogP contribution is 2.19. The smallest absolute Gasteiger partial charge is 0.251 e. The minimum absolute atomic E-state index is 0. The van der Waals surface area contributed by atoms with E-state index in [0.717, 1.165) is 30.0 Å². The first-order chi connectivity index (χ1) is 10.7. The van der Waals surface area contributed by atoms with Crippen LogP contribution in [-0.4, -0.2) is 13.0 Å². The highest BCUT2D eigenvalue weighted by molar-refractivity contribution is 5.94. The molecule has 0 spiro atoms. The van der Waals surface area contributed by atoms with E-state index in [1.165, 1.54) is 11.1 Å². The lowest BCUT2D eigenvalue weighted by molar-refractivity contribution is 0.0950. The molecular weight excluding hydrogens is 312 g/mol. The average Bonchev–Trinajstić information content (AvgIpc) is 3.00. The molecule has 4 nitrogen and oxygen atoms in total. The molecule has 0 fully saturated rings. The lowest BCUT2D eigenvalue weighted by Crippen LogP contribution is -2.22. The van der Waals surface area contributed by atoms with Gasteiger partial charge in [0.25, 0.3) is 5.91 Å². The van der Waals surface area contributed by atoms with Gasteiger partial charge in [0.1, 0.15) is 5.75 Å². The number of hydrogen-bond acceptors (Lipinski definition) is 3. The van der Waals surface area contributed by atoms with E-state index >= 15 is 0 Å². The molecule has 0 bridgehead atoms. The van der Waals surface area contributed by atoms with Crippen molar-refractivity contribution in [1.82, 2.24) is 10.6 Å². The normalized spacial score (nSPS) is 12.3. The summed E-state index contributed by atoms with van der Waals surface area (Å²) in [6, 6.07) is 11.9. The monoisotopic (exact) mass is 332 g/mol. The Labute approximate surface area is 142 Å². The Morgan fingerprint density at radius 2 is 1.96 bits per heavy atom. The van der Waals surface area contributed by atoms with Crippen LogP contribution in [0.15, 0.2) is 36.4 Å². The molecule has 1 heterocycles. The van der Waals surface area contributed by atoms with Crippen molar-refractivity contribution in [2.24, 2.45) is 0 Å². The molecule has 0 aromatic heterocycles. The number of carbonyl (C=O) groups is 1. The van der Waals surface area contributed by atoms with Crippen molar-refractivity contribution in [3.8, 4) is 5.75 Å². The first-order valence-corrected chi connectivity index (χ1v) is 7.41. The van der Waals surface area contributed by atoms with E-state index in [2.05, 4.69) is 28.8 Å². The highest BCUT2D eigenvalue weighted by Gasteiger charge is 2.11. The van der Waals surface area contributed by atoms with Crippen LogP contribution in [0.4, 0.5) is 0 Å². The average molecular weight is 333 g/mol. The van der Waals surface area contributed by atoms with Gasteiger partial charge < -0.3 is 15.4 Å². The second-order valence-electron chi connectivity index (χ2n) is 5.57. The number of fused-ring (bicyclic) bond motifs is 1. The van der Waals surface area contributed by atoms with Gasteiger partial charge in [0.2, 0.25) is 0 Å². The van der Waals surface area contributed by atoms with Crippen molar-refractivity contribution in [3.63, 3.8) is 0 Å². The fourth-order valence-corrected chi connectivity index (χ4v) is 2.70. The fourth-order valence-electron chi connectivity index (χ4n) is 2.70. The maximum absolute atomic E-state index is 12.3. The second kappa shape index (κ2) is 7.49. The summed E-state index contributed by atoms with van der Waals surface area (Å²) in [7, 11) is 1.61. The molecule has 0 saturated carbocycles. The SMILES string of the molecule is COc1cc(C(=O)NCc2ccc3c(c2)CNC3)ccc1C.Cl. The molecule has 2 aromatic rings. The summed E-state index contributed by atoms with van der Waals surface area (Å²) in [5.74, 6) is 0.646. The number of methoxy groups -OCH3 is 1. The van der Waals surface area contributed by atoms with Crippen molar-refractivity contribution in [2.75, 3.05) is 7.11 Å². The topological polar surface area (TPSA) is 50.4 Å². The van der Waals surface area contributed by atoms with Crippen molar-refractivity contribution < 1.29 is 9.53 Å². The van der Waals surface area contributed by atoms with E-state index in [1.54, 1.807) is 13.2 Å². The molecule has 1 aliphatic rings. The molecule has 122 valence electrons. The summed E-state index contributed by atoms with van der Waals surface area (Å²) in [5.41, 5.74) is 5.42. The summed E-state index contributed by atoms with van der Waals surface area (Å²) in [5, 5.41) is 6.28. The van der Waals surface area contributed by atoms with E-state index < -0.39 is 0 Å². The maximum atomic E-state index is 12.3. The third-order valence-corrected chi connectivity index (χ3v) is 4.02. The molecule has 0 atom stereocenters. The van der Waals surface area contributed by atoms with Crippen LogP contribution < -0.4 is 15.4 Å². The largest absolute Gasteiger partial charge is 0.496 e. The molecular formula is C18H21ClN2O2. The number of amides is 1. The zero-order chi connectivity index (χ0) is 15.5. The molecule has 3 rings (SSSR count). The Morgan fingerprint density at radius 1 is 1.17 bits per heavy atom. The van der Waals surface area contributed by atoms with Gasteiger partial charge in [-0.25, -0.2) is 0 Å². The van der Waals surface area contributed by atoms with Gasteiger partial charge in [-0.2, -0.15) is 0 Å². The molecule has 0 unspecified atom stereocenters. The number of halogens is 1. The molecule has 5 heteroatoms. The Bertz CT molecular complexity index is 716. The molecule has 1 aliphatic heterocycles. The number of hydrogen-bond donors (Lipinski definition) is 2. The lowest BCUT2D eigenvalue weighted by Gasteiger charge is -2.09. The third kappa shape index (κ3) is 3.84. The van der Waals surface area contributed by atoms with Gasteiger partial charge in [0, 0.05) is 25.2 Å². The Balaban J connectivity index is 0.00000192. The number of rotatable bonds is 4. The molecule has 2 N–H and O–H groups in total. The van der Waals surface area contributed by atoms with Gasteiger partial charge in [-0.15, -0.1) is 12.4 Å². The molecule has 2 aromatic carbocycles. The highest BCUT2D eigenvalue weighted by atomic mass is 35.5. The number of ether oxygens (including phenoxy) is 1. The van der Waals surface area contributed by atoms with Crippen molar-refractivity contribution in [2.45, 2.75) is 26.6 Å². The molecule has 23 heavy (non-hydrogen) atoms. The van der Waals surface area contributed by atoms with Crippen molar-refractivity contribution in [3.05, 3.63) is 64.2 Å². The predicted molar refractivity (Wildman–Crippen MR) is 93.1 cm³/mol. The van der Waals surface area contributed by atoms with E-state index in [1.807, 2.05) is 19.1 Å². The molecule has 0 saturated heterocycles. The van der Waals surface area contributed by atoms with Crippen LogP contribution in [-0.2, 0) is 19.6 Å². The van der Waals surface area contributed by atoms with E-state index in [4.69, 9.17) is 4.74 Å².